The number of anilines is 1. The van der Waals surface area contributed by atoms with Crippen molar-refractivity contribution in [2.24, 2.45) is 10.7 Å². The lowest BCUT2D eigenvalue weighted by Crippen LogP contribution is -2.24. The molecule has 0 heterocycles. The smallest absolute Gasteiger partial charge is 0.0514 e. The molecule has 0 fully saturated rings. The van der Waals surface area contributed by atoms with Crippen LogP contribution in [-0.4, -0.2) is 32.4 Å². The Labute approximate surface area is 90.4 Å². The number of nitrogens with zero attached hydrogens (tertiary/aromatic N) is 1. The summed E-state index contributed by atoms with van der Waals surface area (Å²) in [5.41, 5.74) is 12.8. The number of hydrogen-bond acceptors (Lipinski definition) is 4. The molecular weight excluding hydrogens is 188 g/mol. The lowest BCUT2D eigenvalue weighted by Gasteiger charge is -2.00. The SMILES string of the molecule is NCCNCCN=Cc1ccccc1N. The third-order valence-electron chi connectivity index (χ3n) is 1.97. The van der Waals surface area contributed by atoms with Crippen LogP contribution in [0.1, 0.15) is 5.56 Å². The van der Waals surface area contributed by atoms with E-state index in [1.807, 2.05) is 24.3 Å². The van der Waals surface area contributed by atoms with E-state index in [2.05, 4.69) is 10.3 Å². The summed E-state index contributed by atoms with van der Waals surface area (Å²) in [6, 6.07) is 7.68. The van der Waals surface area contributed by atoms with Gasteiger partial charge in [0.15, 0.2) is 0 Å². The predicted octanol–water partition coefficient (Wildman–Crippen LogP) is 0.236. The Morgan fingerprint density at radius 3 is 2.80 bits per heavy atom. The first-order valence-corrected chi connectivity index (χ1v) is 5.09. The lowest BCUT2D eigenvalue weighted by molar-refractivity contribution is 0.697. The Hall–Kier alpha value is -1.39. The average molecular weight is 206 g/mol. The molecule has 5 N–H and O–H groups in total. The van der Waals surface area contributed by atoms with Crippen LogP contribution in [0.2, 0.25) is 0 Å². The van der Waals surface area contributed by atoms with Crippen molar-refractivity contribution < 1.29 is 0 Å². The monoisotopic (exact) mass is 206 g/mol. The van der Waals surface area contributed by atoms with Crippen molar-refractivity contribution in [3.8, 4) is 0 Å². The third kappa shape index (κ3) is 4.58. The highest BCUT2D eigenvalue weighted by molar-refractivity contribution is 5.86. The van der Waals surface area contributed by atoms with Crippen molar-refractivity contribution in [1.82, 2.24) is 5.32 Å². The molecule has 1 aromatic carbocycles. The molecule has 0 saturated heterocycles. The first-order valence-electron chi connectivity index (χ1n) is 5.09. The van der Waals surface area contributed by atoms with Crippen LogP contribution in [0.15, 0.2) is 29.3 Å². The molecule has 0 saturated carbocycles. The highest BCUT2D eigenvalue weighted by Gasteiger charge is 1.91. The van der Waals surface area contributed by atoms with E-state index in [-0.39, 0.29) is 0 Å². The second-order valence-electron chi connectivity index (χ2n) is 3.20. The summed E-state index contributed by atoms with van der Waals surface area (Å²) < 4.78 is 0. The van der Waals surface area contributed by atoms with Gasteiger partial charge in [0.25, 0.3) is 0 Å². The van der Waals surface area contributed by atoms with Gasteiger partial charge in [-0.25, -0.2) is 0 Å². The molecule has 4 heteroatoms. The summed E-state index contributed by atoms with van der Waals surface area (Å²) in [5.74, 6) is 0. The number of rotatable bonds is 6. The molecule has 0 aromatic heterocycles. The minimum Gasteiger partial charge on any atom is -0.398 e. The van der Waals surface area contributed by atoms with Crippen LogP contribution < -0.4 is 16.8 Å². The minimum atomic E-state index is 0.662. The second-order valence-corrected chi connectivity index (χ2v) is 3.20. The summed E-state index contributed by atoms with van der Waals surface area (Å²) >= 11 is 0. The van der Waals surface area contributed by atoms with Gasteiger partial charge in [-0.3, -0.25) is 4.99 Å². The predicted molar refractivity (Wildman–Crippen MR) is 65.2 cm³/mol. The molecule has 0 unspecified atom stereocenters. The number of nitrogen functional groups attached to an aromatic ring is 1. The molecule has 15 heavy (non-hydrogen) atoms. The molecule has 1 rings (SSSR count). The molecule has 0 radical (unpaired) electrons. The molecule has 0 amide bonds. The molecule has 0 spiro atoms. The van der Waals surface area contributed by atoms with E-state index < -0.39 is 0 Å². The Morgan fingerprint density at radius 2 is 2.07 bits per heavy atom. The van der Waals surface area contributed by atoms with Crippen LogP contribution in [0.25, 0.3) is 0 Å². The van der Waals surface area contributed by atoms with E-state index in [4.69, 9.17) is 11.5 Å². The molecular formula is C11H18N4. The van der Waals surface area contributed by atoms with Gasteiger partial charge in [0.1, 0.15) is 0 Å². The maximum Gasteiger partial charge on any atom is 0.0514 e. The fourth-order valence-electron chi connectivity index (χ4n) is 1.16. The molecule has 1 aromatic rings. The minimum absolute atomic E-state index is 0.662. The molecule has 0 bridgehead atoms. The van der Waals surface area contributed by atoms with E-state index in [9.17, 15) is 0 Å². The first-order chi connectivity index (χ1) is 7.34. The van der Waals surface area contributed by atoms with E-state index in [1.165, 1.54) is 0 Å². The Morgan fingerprint density at radius 1 is 1.27 bits per heavy atom. The van der Waals surface area contributed by atoms with Crippen LogP contribution >= 0.6 is 0 Å². The number of aliphatic imine (C=N–C) groups is 1. The van der Waals surface area contributed by atoms with Gasteiger partial charge in [-0.05, 0) is 6.07 Å². The normalized spacial score (nSPS) is 11.0. The van der Waals surface area contributed by atoms with Gasteiger partial charge in [-0.15, -0.1) is 0 Å². The van der Waals surface area contributed by atoms with E-state index in [0.717, 1.165) is 30.9 Å². The van der Waals surface area contributed by atoms with E-state index in [1.54, 1.807) is 6.21 Å². The molecule has 82 valence electrons. The van der Waals surface area contributed by atoms with Gasteiger partial charge in [-0.2, -0.15) is 0 Å². The van der Waals surface area contributed by atoms with Crippen molar-refractivity contribution >= 4 is 11.9 Å². The highest BCUT2D eigenvalue weighted by Crippen LogP contribution is 2.06. The Bertz CT molecular complexity index is 309. The summed E-state index contributed by atoms with van der Waals surface area (Å²) in [7, 11) is 0. The van der Waals surface area contributed by atoms with Gasteiger partial charge in [0.2, 0.25) is 0 Å². The van der Waals surface area contributed by atoms with Crippen molar-refractivity contribution in [2.75, 3.05) is 31.9 Å². The zero-order valence-electron chi connectivity index (χ0n) is 8.82. The van der Waals surface area contributed by atoms with Crippen LogP contribution in [0.5, 0.6) is 0 Å². The third-order valence-corrected chi connectivity index (χ3v) is 1.97. The number of benzene rings is 1. The molecule has 0 aliphatic rings. The quantitative estimate of drug-likeness (QED) is 0.354. The maximum atomic E-state index is 5.76. The number of para-hydroxylation sites is 1. The van der Waals surface area contributed by atoms with E-state index in [0.29, 0.717) is 6.54 Å². The van der Waals surface area contributed by atoms with Gasteiger partial charge in [-0.1, -0.05) is 18.2 Å². The average Bonchev–Trinajstić information content (AvgIpc) is 2.25. The Kier molecular flexibility index (Phi) is 5.43. The van der Waals surface area contributed by atoms with Gasteiger partial charge in [0, 0.05) is 37.1 Å². The van der Waals surface area contributed by atoms with Crippen LogP contribution in [0, 0.1) is 0 Å². The van der Waals surface area contributed by atoms with Gasteiger partial charge < -0.3 is 16.8 Å². The topological polar surface area (TPSA) is 76.4 Å². The zero-order chi connectivity index (χ0) is 10.9. The zero-order valence-corrected chi connectivity index (χ0v) is 8.82. The van der Waals surface area contributed by atoms with E-state index >= 15 is 0 Å². The number of hydrogen-bond donors (Lipinski definition) is 3. The number of nitrogens with one attached hydrogen (secondary N) is 1. The largest absolute Gasteiger partial charge is 0.398 e. The molecule has 0 aliphatic carbocycles. The van der Waals surface area contributed by atoms with Crippen LogP contribution in [-0.2, 0) is 0 Å². The molecule has 4 nitrogen and oxygen atoms in total. The van der Waals surface area contributed by atoms with Crippen molar-refractivity contribution in [2.45, 2.75) is 0 Å². The van der Waals surface area contributed by atoms with Crippen molar-refractivity contribution in [1.29, 1.82) is 0 Å². The summed E-state index contributed by atoms with van der Waals surface area (Å²) in [4.78, 5) is 4.27. The second kappa shape index (κ2) is 6.98. The summed E-state index contributed by atoms with van der Waals surface area (Å²) in [5, 5.41) is 3.17. The maximum absolute atomic E-state index is 5.76. The summed E-state index contributed by atoms with van der Waals surface area (Å²) in [6.07, 6.45) is 1.81. The van der Waals surface area contributed by atoms with Crippen LogP contribution in [0.4, 0.5) is 5.69 Å². The van der Waals surface area contributed by atoms with Crippen molar-refractivity contribution in [3.63, 3.8) is 0 Å². The Balaban J connectivity index is 2.29. The van der Waals surface area contributed by atoms with Gasteiger partial charge in [0.05, 0.1) is 6.54 Å². The number of nitrogens with two attached hydrogens (primary N) is 2. The highest BCUT2D eigenvalue weighted by atomic mass is 14.9. The first kappa shape index (κ1) is 11.7. The fraction of sp³-hybridized carbons (Fsp3) is 0.364. The summed E-state index contributed by atoms with van der Waals surface area (Å²) in [6.45, 7) is 3.09. The van der Waals surface area contributed by atoms with Gasteiger partial charge >= 0.3 is 0 Å². The molecule has 0 aliphatic heterocycles. The fourth-order valence-corrected chi connectivity index (χ4v) is 1.16. The molecule has 0 atom stereocenters. The lowest BCUT2D eigenvalue weighted by atomic mass is 10.2. The standard InChI is InChI=1S/C11H18N4/c12-5-6-14-7-8-15-9-10-3-1-2-4-11(10)13/h1-4,9,14H,5-8,12-13H2. The van der Waals surface area contributed by atoms with Crippen LogP contribution in [0.3, 0.4) is 0 Å². The van der Waals surface area contributed by atoms with Crippen molar-refractivity contribution in [3.05, 3.63) is 29.8 Å².